The Balaban J connectivity index is 1.42. The molecule has 1 saturated carbocycles. The van der Waals surface area contributed by atoms with Crippen molar-refractivity contribution >= 4 is 11.8 Å². The minimum absolute atomic E-state index is 0.133. The molecule has 0 radical (unpaired) electrons. The molecule has 0 aromatic carbocycles. The van der Waals surface area contributed by atoms with Gasteiger partial charge in [0, 0.05) is 37.9 Å². The summed E-state index contributed by atoms with van der Waals surface area (Å²) in [5.74, 6) is 0.209. The van der Waals surface area contributed by atoms with E-state index < -0.39 is 0 Å². The van der Waals surface area contributed by atoms with Gasteiger partial charge in [-0.05, 0) is 31.7 Å². The Kier molecular flexibility index (Phi) is 3.39. The van der Waals surface area contributed by atoms with Crippen LogP contribution in [-0.4, -0.2) is 56.6 Å². The molecular formula is C16H22N4O2. The van der Waals surface area contributed by atoms with Crippen LogP contribution in [0.1, 0.15) is 32.1 Å². The molecule has 1 aromatic heterocycles. The van der Waals surface area contributed by atoms with E-state index in [4.69, 9.17) is 0 Å². The van der Waals surface area contributed by atoms with E-state index in [1.165, 1.54) is 0 Å². The molecule has 0 bridgehead atoms. The number of carbonyl (C=O) groups is 2. The Morgan fingerprint density at radius 3 is 2.91 bits per heavy atom. The molecule has 6 nitrogen and oxygen atoms in total. The van der Waals surface area contributed by atoms with Gasteiger partial charge in [-0.1, -0.05) is 0 Å². The third kappa shape index (κ3) is 2.51. The molecule has 4 rings (SSSR count). The smallest absolute Gasteiger partial charge is 0.228 e. The van der Waals surface area contributed by atoms with E-state index in [0.717, 1.165) is 38.8 Å². The molecule has 22 heavy (non-hydrogen) atoms. The zero-order valence-electron chi connectivity index (χ0n) is 12.7. The third-order valence-corrected chi connectivity index (χ3v) is 5.11. The Labute approximate surface area is 130 Å². The van der Waals surface area contributed by atoms with Crippen molar-refractivity contribution in [3.8, 4) is 0 Å². The van der Waals surface area contributed by atoms with Crippen LogP contribution in [0.4, 0.5) is 0 Å². The Bertz CT molecular complexity index is 567. The fraction of sp³-hybridized carbons (Fsp3) is 0.688. The van der Waals surface area contributed by atoms with Gasteiger partial charge < -0.3 is 9.80 Å². The molecule has 3 heterocycles. The Hall–Kier alpha value is -1.85. The number of amides is 2. The molecule has 2 aliphatic heterocycles. The average molecular weight is 302 g/mol. The second-order valence-electron chi connectivity index (χ2n) is 6.73. The molecule has 0 unspecified atom stereocenters. The molecule has 0 N–H and O–H groups in total. The highest BCUT2D eigenvalue weighted by atomic mass is 16.2. The highest BCUT2D eigenvalue weighted by Crippen LogP contribution is 2.34. The lowest BCUT2D eigenvalue weighted by molar-refractivity contribution is -0.136. The predicted octanol–water partition coefficient (Wildman–Crippen LogP) is 0.885. The number of aromatic nitrogens is 2. The number of carbonyl (C=O) groups excluding carboxylic acids is 2. The fourth-order valence-corrected chi connectivity index (χ4v) is 3.81. The number of hydrogen-bond donors (Lipinski definition) is 0. The number of hydrogen-bond acceptors (Lipinski definition) is 3. The van der Waals surface area contributed by atoms with Crippen molar-refractivity contribution in [3.05, 3.63) is 18.5 Å². The Morgan fingerprint density at radius 2 is 2.18 bits per heavy atom. The van der Waals surface area contributed by atoms with Crippen molar-refractivity contribution in [2.24, 2.45) is 5.92 Å². The molecule has 6 heteroatoms. The summed E-state index contributed by atoms with van der Waals surface area (Å²) >= 11 is 0. The van der Waals surface area contributed by atoms with Crippen molar-refractivity contribution in [3.63, 3.8) is 0 Å². The number of nitrogens with zero attached hydrogens (tertiary/aromatic N) is 4. The molecule has 1 aliphatic carbocycles. The molecule has 3 fully saturated rings. The summed E-state index contributed by atoms with van der Waals surface area (Å²) in [6.45, 7) is 2.21. The minimum atomic E-state index is -0.133. The fourth-order valence-electron chi connectivity index (χ4n) is 3.81. The van der Waals surface area contributed by atoms with Crippen molar-refractivity contribution in [1.29, 1.82) is 0 Å². The second-order valence-corrected chi connectivity index (χ2v) is 6.73. The molecule has 2 atom stereocenters. The van der Waals surface area contributed by atoms with Gasteiger partial charge in [0.1, 0.15) is 0 Å². The van der Waals surface area contributed by atoms with Crippen LogP contribution >= 0.6 is 0 Å². The van der Waals surface area contributed by atoms with Crippen molar-refractivity contribution in [1.82, 2.24) is 19.6 Å². The van der Waals surface area contributed by atoms with E-state index in [2.05, 4.69) is 5.10 Å². The minimum Gasteiger partial charge on any atom is -0.339 e. The summed E-state index contributed by atoms with van der Waals surface area (Å²) in [4.78, 5) is 28.8. The normalized spacial score (nSPS) is 28.6. The number of likely N-dealkylation sites (tertiary alicyclic amines) is 2. The lowest BCUT2D eigenvalue weighted by Crippen LogP contribution is -2.42. The van der Waals surface area contributed by atoms with Gasteiger partial charge >= 0.3 is 0 Å². The van der Waals surface area contributed by atoms with Gasteiger partial charge in [0.05, 0.1) is 18.5 Å². The third-order valence-electron chi connectivity index (χ3n) is 5.11. The Morgan fingerprint density at radius 1 is 1.32 bits per heavy atom. The molecule has 0 spiro atoms. The monoisotopic (exact) mass is 302 g/mol. The first-order valence-corrected chi connectivity index (χ1v) is 8.30. The highest BCUT2D eigenvalue weighted by Gasteiger charge is 2.44. The van der Waals surface area contributed by atoms with Crippen LogP contribution in [0, 0.1) is 5.92 Å². The van der Waals surface area contributed by atoms with Crippen LogP contribution in [0.3, 0.4) is 0 Å². The van der Waals surface area contributed by atoms with E-state index in [1.807, 2.05) is 26.7 Å². The predicted molar refractivity (Wildman–Crippen MR) is 79.8 cm³/mol. The first kappa shape index (κ1) is 13.8. The molecule has 2 saturated heterocycles. The topological polar surface area (TPSA) is 58.4 Å². The lowest BCUT2D eigenvalue weighted by atomic mass is 10.1. The summed E-state index contributed by atoms with van der Waals surface area (Å²) in [5, 5.41) is 4.24. The maximum Gasteiger partial charge on any atom is 0.228 e. The number of rotatable bonds is 4. The standard InChI is InChI=1S/C16H22N4O2/c21-15-9-12(10-20(15)13-4-5-13)16(22)19-8-1-3-14(19)11-18-7-2-6-17-18/h2,6-7,12-14H,1,3-5,8-11H2/t12-,14+/m1/s1. The van der Waals surface area contributed by atoms with Gasteiger partial charge in [0.2, 0.25) is 11.8 Å². The summed E-state index contributed by atoms with van der Waals surface area (Å²) in [6.07, 6.45) is 8.40. The molecule has 1 aromatic rings. The van der Waals surface area contributed by atoms with E-state index in [9.17, 15) is 9.59 Å². The van der Waals surface area contributed by atoms with Crippen molar-refractivity contribution in [2.45, 2.75) is 50.7 Å². The van der Waals surface area contributed by atoms with Gasteiger partial charge in [-0.3, -0.25) is 14.3 Å². The molecular weight excluding hydrogens is 280 g/mol. The maximum absolute atomic E-state index is 12.8. The van der Waals surface area contributed by atoms with Crippen molar-refractivity contribution in [2.75, 3.05) is 13.1 Å². The summed E-state index contributed by atoms with van der Waals surface area (Å²) < 4.78 is 1.90. The van der Waals surface area contributed by atoms with Gasteiger partial charge in [0.25, 0.3) is 0 Å². The van der Waals surface area contributed by atoms with Crippen LogP contribution in [0.25, 0.3) is 0 Å². The first-order valence-electron chi connectivity index (χ1n) is 8.30. The van der Waals surface area contributed by atoms with E-state index >= 15 is 0 Å². The second kappa shape index (κ2) is 5.41. The first-order chi connectivity index (χ1) is 10.7. The van der Waals surface area contributed by atoms with Crippen LogP contribution < -0.4 is 0 Å². The average Bonchev–Trinajstić information content (AvgIpc) is 2.93. The molecule has 3 aliphatic rings. The maximum atomic E-state index is 12.8. The van der Waals surface area contributed by atoms with E-state index in [0.29, 0.717) is 19.0 Å². The highest BCUT2D eigenvalue weighted by molar-refractivity contribution is 5.89. The summed E-state index contributed by atoms with van der Waals surface area (Å²) in [7, 11) is 0. The summed E-state index contributed by atoms with van der Waals surface area (Å²) in [6, 6.07) is 2.55. The quantitative estimate of drug-likeness (QED) is 0.830. The van der Waals surface area contributed by atoms with Gasteiger partial charge in [-0.25, -0.2) is 0 Å². The van der Waals surface area contributed by atoms with Crippen LogP contribution in [-0.2, 0) is 16.1 Å². The lowest BCUT2D eigenvalue weighted by Gasteiger charge is -2.27. The SMILES string of the molecule is O=C1C[C@@H](C(=O)N2CCC[C@H]2Cn2cccn2)CN1C1CC1. The zero-order valence-corrected chi connectivity index (χ0v) is 12.7. The van der Waals surface area contributed by atoms with Crippen LogP contribution in [0.2, 0.25) is 0 Å². The van der Waals surface area contributed by atoms with Gasteiger partial charge in [-0.15, -0.1) is 0 Å². The van der Waals surface area contributed by atoms with E-state index in [-0.39, 0.29) is 23.8 Å². The van der Waals surface area contributed by atoms with Crippen LogP contribution in [0.5, 0.6) is 0 Å². The van der Waals surface area contributed by atoms with E-state index in [1.54, 1.807) is 6.20 Å². The largest absolute Gasteiger partial charge is 0.339 e. The van der Waals surface area contributed by atoms with Gasteiger partial charge in [0.15, 0.2) is 0 Å². The summed E-state index contributed by atoms with van der Waals surface area (Å²) in [5.41, 5.74) is 0. The van der Waals surface area contributed by atoms with Crippen molar-refractivity contribution < 1.29 is 9.59 Å². The zero-order chi connectivity index (χ0) is 15.1. The molecule has 118 valence electrons. The molecule has 2 amide bonds. The van der Waals surface area contributed by atoms with Crippen LogP contribution in [0.15, 0.2) is 18.5 Å². The van der Waals surface area contributed by atoms with Gasteiger partial charge in [-0.2, -0.15) is 5.10 Å².